The first-order valence-corrected chi connectivity index (χ1v) is 9.85. The summed E-state index contributed by atoms with van der Waals surface area (Å²) in [6.45, 7) is 1.66. The fourth-order valence-electron chi connectivity index (χ4n) is 4.80. The molecule has 0 unspecified atom stereocenters. The van der Waals surface area contributed by atoms with Crippen LogP contribution in [0.25, 0.3) is 22.1 Å². The summed E-state index contributed by atoms with van der Waals surface area (Å²) >= 11 is 0. The van der Waals surface area contributed by atoms with Crippen LogP contribution in [0.15, 0.2) is 39.8 Å². The molecule has 1 saturated heterocycles. The van der Waals surface area contributed by atoms with Crippen LogP contribution in [-0.2, 0) is 11.3 Å². The summed E-state index contributed by atoms with van der Waals surface area (Å²) in [5.41, 5.74) is 1.12. The zero-order valence-corrected chi connectivity index (χ0v) is 15.3. The lowest BCUT2D eigenvalue weighted by Crippen LogP contribution is -2.46. The number of piperidine rings is 1. The Morgan fingerprint density at radius 3 is 2.85 bits per heavy atom. The molecule has 0 radical (unpaired) electrons. The van der Waals surface area contributed by atoms with Gasteiger partial charge in [0.2, 0.25) is 11.5 Å². The van der Waals surface area contributed by atoms with E-state index in [2.05, 4.69) is 4.98 Å². The van der Waals surface area contributed by atoms with E-state index in [1.807, 2.05) is 29.2 Å². The van der Waals surface area contributed by atoms with E-state index in [0.29, 0.717) is 17.0 Å². The lowest BCUT2D eigenvalue weighted by molar-refractivity contribution is -0.135. The van der Waals surface area contributed by atoms with Crippen molar-refractivity contribution < 1.29 is 9.21 Å². The maximum absolute atomic E-state index is 12.8. The van der Waals surface area contributed by atoms with Gasteiger partial charge in [0.1, 0.15) is 17.6 Å². The molecular weight excluding hydrogens is 342 g/mol. The molecule has 6 nitrogen and oxygen atoms in total. The van der Waals surface area contributed by atoms with Crippen molar-refractivity contribution in [1.82, 2.24) is 14.5 Å². The second-order valence-corrected chi connectivity index (χ2v) is 7.89. The highest BCUT2D eigenvalue weighted by atomic mass is 16.3. The fraction of sp³-hybridized carbons (Fsp3) is 0.476. The minimum atomic E-state index is -0.294. The Morgan fingerprint density at radius 1 is 1.15 bits per heavy atom. The van der Waals surface area contributed by atoms with E-state index in [9.17, 15) is 9.59 Å². The molecular formula is C21H23N3O3. The van der Waals surface area contributed by atoms with Crippen molar-refractivity contribution in [2.24, 2.45) is 11.8 Å². The second-order valence-electron chi connectivity index (χ2n) is 7.89. The molecule has 2 aromatic heterocycles. The van der Waals surface area contributed by atoms with E-state index in [1.54, 1.807) is 0 Å². The van der Waals surface area contributed by atoms with Gasteiger partial charge >= 0.3 is 0 Å². The number of fused-ring (bicyclic) bond motifs is 4. The number of carbonyl (C=O) groups is 1. The van der Waals surface area contributed by atoms with Crippen LogP contribution in [0.5, 0.6) is 0 Å². The first kappa shape index (κ1) is 16.5. The molecule has 0 spiro atoms. The van der Waals surface area contributed by atoms with Crippen LogP contribution in [0.3, 0.4) is 0 Å². The third-order valence-electron chi connectivity index (χ3n) is 6.30. The van der Waals surface area contributed by atoms with Crippen LogP contribution in [0.1, 0.15) is 32.1 Å². The van der Waals surface area contributed by atoms with Gasteiger partial charge in [0, 0.05) is 18.5 Å². The zero-order valence-electron chi connectivity index (χ0n) is 15.3. The summed E-state index contributed by atoms with van der Waals surface area (Å²) in [6, 6.07) is 7.46. The van der Waals surface area contributed by atoms with Crippen molar-refractivity contribution in [3.05, 3.63) is 40.9 Å². The molecule has 2 fully saturated rings. The summed E-state index contributed by atoms with van der Waals surface area (Å²) in [4.78, 5) is 31.9. The number of furan rings is 1. The lowest BCUT2D eigenvalue weighted by Gasteiger charge is -2.41. The van der Waals surface area contributed by atoms with Gasteiger partial charge in [0.25, 0.3) is 5.56 Å². The molecule has 27 heavy (non-hydrogen) atoms. The molecule has 3 heterocycles. The number of nitrogens with zero attached hydrogens (tertiary/aromatic N) is 3. The van der Waals surface area contributed by atoms with Crippen LogP contribution in [-0.4, -0.2) is 33.4 Å². The van der Waals surface area contributed by atoms with Crippen LogP contribution < -0.4 is 5.56 Å². The Balaban J connectivity index is 1.39. The lowest BCUT2D eigenvalue weighted by atomic mass is 9.75. The molecule has 2 aliphatic rings. The van der Waals surface area contributed by atoms with Crippen molar-refractivity contribution in [2.45, 2.75) is 38.6 Å². The molecule has 0 bridgehead atoms. The number of aromatic nitrogens is 2. The summed E-state index contributed by atoms with van der Waals surface area (Å²) in [5.74, 6) is 1.40. The molecule has 6 heteroatoms. The van der Waals surface area contributed by atoms with Crippen LogP contribution in [0, 0.1) is 11.8 Å². The molecule has 1 aromatic carbocycles. The summed E-state index contributed by atoms with van der Waals surface area (Å²) < 4.78 is 7.08. The Kier molecular flexibility index (Phi) is 3.99. The Bertz CT molecular complexity index is 1070. The maximum Gasteiger partial charge on any atom is 0.297 e. The first-order valence-electron chi connectivity index (χ1n) is 9.85. The molecule has 5 rings (SSSR count). The number of carbonyl (C=O) groups excluding carboxylic acids is 1. The molecule has 1 amide bonds. The molecule has 0 N–H and O–H groups in total. The van der Waals surface area contributed by atoms with E-state index >= 15 is 0 Å². The minimum absolute atomic E-state index is 0.00150. The second kappa shape index (κ2) is 6.51. The maximum atomic E-state index is 12.8. The number of likely N-dealkylation sites (tertiary alicyclic amines) is 1. The zero-order chi connectivity index (χ0) is 18.4. The largest absolute Gasteiger partial charge is 0.448 e. The summed E-state index contributed by atoms with van der Waals surface area (Å²) in [7, 11) is 0. The molecule has 1 saturated carbocycles. The number of hydrogen-bond donors (Lipinski definition) is 0. The molecule has 140 valence electrons. The fourth-order valence-corrected chi connectivity index (χ4v) is 4.80. The minimum Gasteiger partial charge on any atom is -0.448 e. The smallest absolute Gasteiger partial charge is 0.297 e. The van der Waals surface area contributed by atoms with Gasteiger partial charge in [-0.25, -0.2) is 4.98 Å². The Morgan fingerprint density at radius 2 is 1.96 bits per heavy atom. The van der Waals surface area contributed by atoms with E-state index < -0.39 is 0 Å². The van der Waals surface area contributed by atoms with Crippen LogP contribution in [0.4, 0.5) is 0 Å². The van der Waals surface area contributed by atoms with Crippen molar-refractivity contribution >= 4 is 28.0 Å². The normalized spacial score (nSPS) is 22.9. The number of amides is 1. The van der Waals surface area contributed by atoms with Crippen LogP contribution in [0.2, 0.25) is 0 Å². The van der Waals surface area contributed by atoms with Crippen molar-refractivity contribution in [3.8, 4) is 0 Å². The number of rotatable bonds is 2. The highest BCUT2D eigenvalue weighted by molar-refractivity contribution is 6.01. The summed E-state index contributed by atoms with van der Waals surface area (Å²) in [6.07, 6.45) is 7.69. The first-order chi connectivity index (χ1) is 13.2. The average Bonchev–Trinajstić information content (AvgIpc) is 3.09. The van der Waals surface area contributed by atoms with Gasteiger partial charge in [0.15, 0.2) is 0 Å². The predicted octanol–water partition coefficient (Wildman–Crippen LogP) is 3.18. The van der Waals surface area contributed by atoms with E-state index in [4.69, 9.17) is 4.42 Å². The number of hydrogen-bond acceptors (Lipinski definition) is 4. The molecule has 2 atom stereocenters. The predicted molar refractivity (Wildman–Crippen MR) is 102 cm³/mol. The van der Waals surface area contributed by atoms with E-state index in [0.717, 1.165) is 30.8 Å². The number of benzene rings is 1. The third kappa shape index (κ3) is 2.83. The van der Waals surface area contributed by atoms with E-state index in [-0.39, 0.29) is 23.6 Å². The Labute approximate surface area is 156 Å². The van der Waals surface area contributed by atoms with E-state index in [1.165, 1.54) is 36.6 Å². The van der Waals surface area contributed by atoms with Gasteiger partial charge < -0.3 is 9.32 Å². The highest BCUT2D eigenvalue weighted by Gasteiger charge is 2.33. The average molecular weight is 365 g/mol. The topological polar surface area (TPSA) is 68.3 Å². The Hall–Kier alpha value is -2.63. The highest BCUT2D eigenvalue weighted by Crippen LogP contribution is 2.36. The SMILES string of the molecule is O=C(Cn1cnc2c(oc3ccccc32)c1=O)N1CC[C@@H]2CCCC[C@@H]2C1. The van der Waals surface area contributed by atoms with Gasteiger partial charge in [-0.05, 0) is 36.8 Å². The number of para-hydroxylation sites is 1. The van der Waals surface area contributed by atoms with Crippen molar-refractivity contribution in [3.63, 3.8) is 0 Å². The third-order valence-corrected chi connectivity index (χ3v) is 6.30. The van der Waals surface area contributed by atoms with Crippen molar-refractivity contribution in [2.75, 3.05) is 13.1 Å². The van der Waals surface area contributed by atoms with Gasteiger partial charge in [0.05, 0.1) is 6.33 Å². The van der Waals surface area contributed by atoms with Crippen LogP contribution >= 0.6 is 0 Å². The molecule has 3 aromatic rings. The van der Waals surface area contributed by atoms with Gasteiger partial charge in [-0.15, -0.1) is 0 Å². The molecule has 1 aliphatic heterocycles. The van der Waals surface area contributed by atoms with Crippen molar-refractivity contribution in [1.29, 1.82) is 0 Å². The standard InChI is InChI=1S/C21H23N3O3/c25-18(23-10-9-14-5-1-2-6-15(14)11-23)12-24-13-22-19-16-7-3-4-8-17(16)27-20(19)21(24)26/h3-4,7-8,13-15H,1-2,5-6,9-12H2/t14-,15+/m0/s1. The van der Waals surface area contributed by atoms with Gasteiger partial charge in [-0.2, -0.15) is 0 Å². The van der Waals surface area contributed by atoms with Gasteiger partial charge in [-0.1, -0.05) is 31.4 Å². The quantitative estimate of drug-likeness (QED) is 0.699. The van der Waals surface area contributed by atoms with Gasteiger partial charge in [-0.3, -0.25) is 14.2 Å². The monoisotopic (exact) mass is 365 g/mol. The molecule has 1 aliphatic carbocycles. The summed E-state index contributed by atoms with van der Waals surface area (Å²) in [5, 5.41) is 0.822.